The van der Waals surface area contributed by atoms with Gasteiger partial charge in [0.05, 0.1) is 31.8 Å². The molecule has 16 heteroatoms. The number of carboxylic acid groups (broad SMARTS) is 1. The number of thiazole rings is 2. The Labute approximate surface area is 490 Å². The maximum absolute atomic E-state index is 14.5. The number of rotatable bonds is 12. The number of amidine groups is 2. The first-order valence-electron chi connectivity index (χ1n) is 25.0. The molecule has 2 amide bonds. The molecule has 1 aliphatic rings. The number of nitrogens with zero attached hydrogens (tertiary/aromatic N) is 5. The third kappa shape index (κ3) is 12.3. The SMILES string of the molecule is CC(=O)O.Cc1ccccc1C(=O)NC1=NC(=Nc2[n-]c(NC(=O)c3ccccc3C)c(-c3nc4ccccc4s3)c2-c2ccc(Sc3ccccc3)cc2)C(c2ccc(Sc3ccccc3)cc2)=C1c1nc2ccccc2s1.[Zn]. The number of hydrogen-bond donors (Lipinski definition) is 3. The van der Waals surface area contributed by atoms with E-state index in [2.05, 4.69) is 83.4 Å². The maximum atomic E-state index is 14.5. The Hall–Kier alpha value is -8.37. The Bertz CT molecular complexity index is 4120. The van der Waals surface area contributed by atoms with Crippen molar-refractivity contribution in [2.24, 2.45) is 9.98 Å². The van der Waals surface area contributed by atoms with Gasteiger partial charge in [0.1, 0.15) is 15.9 Å². The van der Waals surface area contributed by atoms with Gasteiger partial charge in [-0.2, -0.15) is 0 Å². The average Bonchev–Trinajstić information content (AvgIpc) is 4.37. The summed E-state index contributed by atoms with van der Waals surface area (Å²) < 4.78 is 1.96. The molecule has 0 unspecified atom stereocenters. The van der Waals surface area contributed by atoms with Crippen molar-refractivity contribution in [1.29, 1.82) is 0 Å². The number of aryl methyl sites for hydroxylation is 2. The van der Waals surface area contributed by atoms with Gasteiger partial charge < -0.3 is 25.7 Å². The normalized spacial score (nSPS) is 12.4. The van der Waals surface area contributed by atoms with E-state index >= 15 is 0 Å². The van der Waals surface area contributed by atoms with Gasteiger partial charge in [-0.05, 0) is 115 Å². The number of benzene rings is 8. The summed E-state index contributed by atoms with van der Waals surface area (Å²) in [7, 11) is 0. The Morgan fingerprint density at radius 3 is 1.48 bits per heavy atom. The van der Waals surface area contributed by atoms with Crippen LogP contribution < -0.4 is 15.6 Å². The molecule has 0 radical (unpaired) electrons. The number of para-hydroxylation sites is 2. The molecule has 11 aromatic rings. The average molecular weight is 1170 g/mol. The number of anilines is 1. The minimum Gasteiger partial charge on any atom is -0.481 e. The number of aliphatic imine (C=N–C) groups is 2. The number of fused-ring (bicyclic) bond motifs is 2. The fourth-order valence-corrected chi connectivity index (χ4v) is 12.6. The summed E-state index contributed by atoms with van der Waals surface area (Å²) >= 11 is 6.37. The molecule has 4 heterocycles. The molecule has 0 spiro atoms. The Morgan fingerprint density at radius 2 is 0.950 bits per heavy atom. The largest absolute Gasteiger partial charge is 0.481 e. The zero-order valence-corrected chi connectivity index (χ0v) is 49.6. The summed E-state index contributed by atoms with van der Waals surface area (Å²) in [6, 6.07) is 68.0. The van der Waals surface area contributed by atoms with Crippen molar-refractivity contribution in [2.75, 3.05) is 5.32 Å². The molecule has 0 atom stereocenters. The van der Waals surface area contributed by atoms with Gasteiger partial charge in [0.2, 0.25) is 5.91 Å². The molecule has 11 nitrogen and oxygen atoms in total. The van der Waals surface area contributed by atoms with E-state index in [1.165, 1.54) is 22.7 Å². The van der Waals surface area contributed by atoms with Crippen molar-refractivity contribution in [1.82, 2.24) is 20.3 Å². The van der Waals surface area contributed by atoms with Crippen molar-refractivity contribution in [3.63, 3.8) is 0 Å². The van der Waals surface area contributed by atoms with E-state index in [9.17, 15) is 9.59 Å². The van der Waals surface area contributed by atoms with Gasteiger partial charge in [-0.15, -0.1) is 22.7 Å². The van der Waals surface area contributed by atoms with Gasteiger partial charge in [0, 0.05) is 85.4 Å². The maximum Gasteiger partial charge on any atom is 0.300 e. The van der Waals surface area contributed by atoms with E-state index in [0.717, 1.165) is 69.2 Å². The summed E-state index contributed by atoms with van der Waals surface area (Å²) in [5.74, 6) is -0.269. The summed E-state index contributed by atoms with van der Waals surface area (Å²) in [6.07, 6.45) is 0. The van der Waals surface area contributed by atoms with E-state index in [-0.39, 0.29) is 31.3 Å². The minimum atomic E-state index is -0.833. The molecule has 0 bridgehead atoms. The predicted octanol–water partition coefficient (Wildman–Crippen LogP) is 15.9. The third-order valence-electron chi connectivity index (χ3n) is 12.6. The quantitative estimate of drug-likeness (QED) is 0.101. The molecule has 0 saturated carbocycles. The van der Waals surface area contributed by atoms with Crippen LogP contribution >= 0.6 is 46.2 Å². The molecule has 3 aromatic heterocycles. The number of carbonyl (C=O) groups is 3. The van der Waals surface area contributed by atoms with Gasteiger partial charge in [-0.25, -0.2) is 15.0 Å². The molecule has 80 heavy (non-hydrogen) atoms. The van der Waals surface area contributed by atoms with E-state index in [1.807, 2.05) is 135 Å². The van der Waals surface area contributed by atoms with Crippen LogP contribution in [0.25, 0.3) is 53.3 Å². The van der Waals surface area contributed by atoms with E-state index in [0.29, 0.717) is 66.7 Å². The first-order valence-corrected chi connectivity index (χ1v) is 28.2. The zero-order chi connectivity index (χ0) is 54.4. The standard InChI is InChI=1S/C62H43N7O2S4.C2H4O2.Zn/c1-37-17-9-11-23-45(37)59(70)68-57-53(61-63-47-25-13-15-27-49(47)74-61)51(39-29-33-43(34-30-39)72-41-19-5-3-6-20-41)55(66-57)65-56-52(40-31-35-44(36-32-40)73-42-21-7-4-8-22-42)54(62-64-48-26-14-16-28-50(48)75-62)58(67-56)69-60(71)46-24-12-10-18-38(46)2;1-2(3)4;/h3-36H,1-2H3,(H3,63,64,65,66,67,68,69,70,71);1H3,(H,3,4);/p-1. The van der Waals surface area contributed by atoms with Crippen LogP contribution in [0.1, 0.15) is 49.3 Å². The molecule has 0 fully saturated rings. The topological polar surface area (TPSA) is 160 Å². The molecular weight excluding hydrogens is 1120 g/mol. The fraction of sp³-hybridized carbons (Fsp3) is 0.0469. The van der Waals surface area contributed by atoms with Crippen LogP contribution in [0, 0.1) is 13.8 Å². The molecule has 0 saturated heterocycles. The predicted molar refractivity (Wildman–Crippen MR) is 323 cm³/mol. The minimum absolute atomic E-state index is 0. The van der Waals surface area contributed by atoms with Gasteiger partial charge in [-0.3, -0.25) is 14.4 Å². The summed E-state index contributed by atoms with van der Waals surface area (Å²) in [5, 5.41) is 15.2. The Balaban J connectivity index is 0.00000139. The van der Waals surface area contributed by atoms with Crippen LogP contribution in [0.4, 0.5) is 11.6 Å². The van der Waals surface area contributed by atoms with E-state index in [4.69, 9.17) is 34.8 Å². The summed E-state index contributed by atoms with van der Waals surface area (Å²) in [6.45, 7) is 4.91. The van der Waals surface area contributed by atoms with E-state index < -0.39 is 5.97 Å². The van der Waals surface area contributed by atoms with E-state index in [1.54, 1.807) is 35.7 Å². The molecule has 3 N–H and O–H groups in total. The molecule has 388 valence electrons. The molecule has 8 aromatic carbocycles. The fourth-order valence-electron chi connectivity index (χ4n) is 8.89. The molecule has 0 aliphatic carbocycles. The summed E-state index contributed by atoms with van der Waals surface area (Å²) in [4.78, 5) is 68.7. The number of carbonyl (C=O) groups excluding carboxylic acids is 2. The van der Waals surface area contributed by atoms with Gasteiger partial charge in [0.15, 0.2) is 0 Å². The van der Waals surface area contributed by atoms with Crippen LogP contribution in [-0.2, 0) is 24.3 Å². The van der Waals surface area contributed by atoms with Crippen LogP contribution in [0.5, 0.6) is 0 Å². The second-order valence-electron chi connectivity index (χ2n) is 18.1. The van der Waals surface area contributed by atoms with Crippen LogP contribution in [0.2, 0.25) is 0 Å². The molecular formula is C64H46N7O4S4Zn-. The number of amides is 2. The number of aromatic nitrogens is 3. The van der Waals surface area contributed by atoms with Crippen molar-refractivity contribution in [3.8, 4) is 21.7 Å². The van der Waals surface area contributed by atoms with Gasteiger partial charge in [0.25, 0.3) is 11.9 Å². The first kappa shape index (κ1) is 55.0. The summed E-state index contributed by atoms with van der Waals surface area (Å²) in [5.41, 5.74) is 8.46. The van der Waals surface area contributed by atoms with Crippen LogP contribution in [0.15, 0.2) is 236 Å². The number of carboxylic acids is 1. The number of nitrogens with one attached hydrogen (secondary N) is 2. The van der Waals surface area contributed by atoms with Crippen molar-refractivity contribution in [3.05, 3.63) is 239 Å². The van der Waals surface area contributed by atoms with Crippen LogP contribution in [-0.4, -0.2) is 44.5 Å². The molecule has 12 rings (SSSR count). The second kappa shape index (κ2) is 24.8. The zero-order valence-electron chi connectivity index (χ0n) is 43.4. The molecule has 1 aliphatic heterocycles. The van der Waals surface area contributed by atoms with Crippen molar-refractivity contribution in [2.45, 2.75) is 40.4 Å². The number of aliphatic carboxylic acids is 1. The number of hydrogen-bond acceptors (Lipinski definition) is 10. The first-order chi connectivity index (χ1) is 38.5. The second-order valence-corrected chi connectivity index (χ2v) is 22.4. The Kier molecular flexibility index (Phi) is 17.0. The van der Waals surface area contributed by atoms with Crippen LogP contribution in [0.3, 0.4) is 0 Å². The van der Waals surface area contributed by atoms with Crippen molar-refractivity contribution >= 4 is 119 Å². The Morgan fingerprint density at radius 1 is 0.512 bits per heavy atom. The van der Waals surface area contributed by atoms with Gasteiger partial charge in [-0.1, -0.05) is 151 Å². The smallest absolute Gasteiger partial charge is 0.300 e. The van der Waals surface area contributed by atoms with Gasteiger partial charge >= 0.3 is 0 Å². The third-order valence-corrected chi connectivity index (χ3v) is 16.7. The van der Waals surface area contributed by atoms with Crippen molar-refractivity contribution < 1.29 is 39.0 Å². The monoisotopic (exact) mass is 1170 g/mol.